The lowest BCUT2D eigenvalue weighted by atomic mass is 9.79. The van der Waals surface area contributed by atoms with Crippen LogP contribution in [0.5, 0.6) is 0 Å². The summed E-state index contributed by atoms with van der Waals surface area (Å²) in [5.74, 6) is 0.338. The predicted octanol–water partition coefficient (Wildman–Crippen LogP) is 6.73. The summed E-state index contributed by atoms with van der Waals surface area (Å²) in [6, 6.07) is 14.2. The third-order valence-corrected chi connectivity index (χ3v) is 6.95. The second kappa shape index (κ2) is 8.36. The third-order valence-electron chi connectivity index (χ3n) is 5.80. The Labute approximate surface area is 193 Å². The summed E-state index contributed by atoms with van der Waals surface area (Å²) in [5.41, 5.74) is 4.52. The largest absolute Gasteiger partial charge is 0.364 e. The number of thioether (sulfide) groups is 1. The number of anilines is 1. The highest BCUT2D eigenvalue weighted by atomic mass is 35.5. The van der Waals surface area contributed by atoms with E-state index in [2.05, 4.69) is 68.0 Å². The highest BCUT2D eigenvalue weighted by Gasteiger charge is 2.37. The van der Waals surface area contributed by atoms with Crippen LogP contribution in [0.3, 0.4) is 0 Å². The molecule has 31 heavy (non-hydrogen) atoms. The van der Waals surface area contributed by atoms with Crippen LogP contribution in [0.1, 0.15) is 58.1 Å². The summed E-state index contributed by atoms with van der Waals surface area (Å²) in [4.78, 5) is 20.2. The molecule has 1 N–H and O–H groups in total. The van der Waals surface area contributed by atoms with Crippen LogP contribution < -0.4 is 10.2 Å². The van der Waals surface area contributed by atoms with Gasteiger partial charge in [0.25, 0.3) is 5.91 Å². The van der Waals surface area contributed by atoms with E-state index in [0.717, 1.165) is 17.7 Å². The predicted molar refractivity (Wildman–Crippen MR) is 133 cm³/mol. The first-order valence-electron chi connectivity index (χ1n) is 10.6. The highest BCUT2D eigenvalue weighted by molar-refractivity contribution is 8.18. The Morgan fingerprint density at radius 3 is 2.74 bits per heavy atom. The zero-order valence-electron chi connectivity index (χ0n) is 18.6. The van der Waals surface area contributed by atoms with Gasteiger partial charge in [0.15, 0.2) is 5.17 Å². The number of rotatable bonds is 3. The fourth-order valence-electron chi connectivity index (χ4n) is 4.83. The SMILES string of the molecule is CC1CC(C)(C)N(C(C)C)c2ccc(/C=C3\SC(=Nc4cccc(Cl)c4)NC3=O)cc21. The minimum absolute atomic E-state index is 0.119. The van der Waals surface area contributed by atoms with Crippen molar-refractivity contribution in [3.63, 3.8) is 0 Å². The Morgan fingerprint density at radius 2 is 2.03 bits per heavy atom. The Bertz CT molecular complexity index is 1090. The van der Waals surface area contributed by atoms with Gasteiger partial charge in [-0.2, -0.15) is 0 Å². The van der Waals surface area contributed by atoms with Crippen molar-refractivity contribution >= 4 is 51.9 Å². The maximum absolute atomic E-state index is 12.5. The summed E-state index contributed by atoms with van der Waals surface area (Å²) in [5, 5.41) is 4.04. The van der Waals surface area contributed by atoms with Crippen LogP contribution in [0.15, 0.2) is 52.4 Å². The molecule has 1 unspecified atom stereocenters. The number of benzene rings is 2. The smallest absolute Gasteiger partial charge is 0.264 e. The van der Waals surface area contributed by atoms with E-state index >= 15 is 0 Å². The van der Waals surface area contributed by atoms with Gasteiger partial charge >= 0.3 is 0 Å². The van der Waals surface area contributed by atoms with Crippen molar-refractivity contribution in [3.8, 4) is 0 Å². The van der Waals surface area contributed by atoms with Crippen LogP contribution in [0.25, 0.3) is 6.08 Å². The number of nitrogens with zero attached hydrogens (tertiary/aromatic N) is 2. The van der Waals surface area contributed by atoms with E-state index < -0.39 is 0 Å². The van der Waals surface area contributed by atoms with E-state index in [9.17, 15) is 4.79 Å². The molecule has 0 spiro atoms. The van der Waals surface area contributed by atoms with Crippen molar-refractivity contribution in [1.82, 2.24) is 5.32 Å². The van der Waals surface area contributed by atoms with Gasteiger partial charge in [-0.25, -0.2) is 4.99 Å². The number of carbonyl (C=O) groups excluding carboxylic acids is 1. The lowest BCUT2D eigenvalue weighted by molar-refractivity contribution is -0.115. The molecule has 0 bridgehead atoms. The number of aliphatic imine (C=N–C) groups is 1. The van der Waals surface area contributed by atoms with Gasteiger partial charge in [-0.15, -0.1) is 0 Å². The normalized spacial score (nSPS) is 22.9. The van der Waals surface area contributed by atoms with Crippen molar-refractivity contribution in [3.05, 3.63) is 63.5 Å². The molecule has 0 radical (unpaired) electrons. The van der Waals surface area contributed by atoms with Crippen molar-refractivity contribution < 1.29 is 4.79 Å². The zero-order valence-corrected chi connectivity index (χ0v) is 20.1. The molecule has 4 rings (SSSR count). The lowest BCUT2D eigenvalue weighted by Crippen LogP contribution is -2.51. The summed E-state index contributed by atoms with van der Waals surface area (Å²) < 4.78 is 0. The van der Waals surface area contributed by atoms with Crippen LogP contribution >= 0.6 is 23.4 Å². The molecule has 1 fully saturated rings. The van der Waals surface area contributed by atoms with Crippen molar-refractivity contribution in [2.24, 2.45) is 4.99 Å². The van der Waals surface area contributed by atoms with Crippen LogP contribution in [0.2, 0.25) is 5.02 Å². The maximum Gasteiger partial charge on any atom is 0.264 e. The molecule has 0 aromatic heterocycles. The number of carbonyl (C=O) groups is 1. The summed E-state index contributed by atoms with van der Waals surface area (Å²) in [7, 11) is 0. The van der Waals surface area contributed by atoms with Gasteiger partial charge in [-0.1, -0.05) is 30.7 Å². The van der Waals surface area contributed by atoms with Crippen molar-refractivity contribution in [2.45, 2.75) is 58.5 Å². The first-order valence-corrected chi connectivity index (χ1v) is 11.8. The molecule has 1 atom stereocenters. The van der Waals surface area contributed by atoms with Crippen LogP contribution in [-0.4, -0.2) is 22.7 Å². The lowest BCUT2D eigenvalue weighted by Gasteiger charge is -2.50. The molecule has 2 aromatic rings. The minimum atomic E-state index is -0.124. The number of hydrogen-bond donors (Lipinski definition) is 1. The topological polar surface area (TPSA) is 44.7 Å². The number of amides is 1. The third kappa shape index (κ3) is 4.53. The van der Waals surface area contributed by atoms with Gasteiger partial charge in [0.1, 0.15) is 0 Å². The van der Waals surface area contributed by atoms with E-state index in [1.807, 2.05) is 18.2 Å². The number of halogens is 1. The first kappa shape index (κ1) is 22.0. The van der Waals surface area contributed by atoms with Crippen LogP contribution in [0, 0.1) is 0 Å². The molecular formula is C25H28ClN3OS. The molecule has 0 saturated carbocycles. The second-order valence-electron chi connectivity index (χ2n) is 9.16. The fourth-order valence-corrected chi connectivity index (χ4v) is 5.86. The van der Waals surface area contributed by atoms with Crippen LogP contribution in [0.4, 0.5) is 11.4 Å². The van der Waals surface area contributed by atoms with Gasteiger partial charge in [0.2, 0.25) is 0 Å². The number of amidine groups is 1. The molecule has 1 amide bonds. The standard InChI is InChI=1S/C25H28ClN3OS/c1-15(2)29-21-10-9-17(11-20(21)16(3)14-25(29,4)5)12-22-23(30)28-24(31-22)27-19-8-6-7-18(26)13-19/h6-13,15-16H,14H2,1-5H3,(H,27,28,30)/b22-12-. The Kier molecular flexibility index (Phi) is 5.93. The van der Waals surface area contributed by atoms with Gasteiger partial charge in [0, 0.05) is 22.3 Å². The summed E-state index contributed by atoms with van der Waals surface area (Å²) >= 11 is 7.39. The number of nitrogens with one attached hydrogen (secondary N) is 1. The molecule has 2 aliphatic heterocycles. The zero-order chi connectivity index (χ0) is 22.3. The summed E-state index contributed by atoms with van der Waals surface area (Å²) in [6.07, 6.45) is 3.05. The number of fused-ring (bicyclic) bond motifs is 1. The van der Waals surface area contributed by atoms with Crippen molar-refractivity contribution in [2.75, 3.05) is 4.90 Å². The molecular weight excluding hydrogens is 426 g/mol. The average molecular weight is 454 g/mol. The molecule has 1 saturated heterocycles. The Balaban J connectivity index is 1.63. The van der Waals surface area contributed by atoms with Gasteiger partial charge in [-0.05, 0) is 99.3 Å². The van der Waals surface area contributed by atoms with E-state index in [0.29, 0.717) is 27.1 Å². The van der Waals surface area contributed by atoms with E-state index in [1.165, 1.54) is 23.0 Å². The maximum atomic E-state index is 12.5. The minimum Gasteiger partial charge on any atom is -0.364 e. The Hall–Kier alpha value is -2.24. The van der Waals surface area contributed by atoms with E-state index in [-0.39, 0.29) is 11.4 Å². The van der Waals surface area contributed by atoms with Crippen LogP contribution in [-0.2, 0) is 4.79 Å². The second-order valence-corrected chi connectivity index (χ2v) is 10.6. The Morgan fingerprint density at radius 1 is 1.26 bits per heavy atom. The molecule has 0 aliphatic carbocycles. The monoisotopic (exact) mass is 453 g/mol. The van der Waals surface area contributed by atoms with Crippen molar-refractivity contribution in [1.29, 1.82) is 0 Å². The van der Waals surface area contributed by atoms with Gasteiger partial charge in [-0.3, -0.25) is 4.79 Å². The van der Waals surface area contributed by atoms with E-state index in [1.54, 1.807) is 12.1 Å². The van der Waals surface area contributed by atoms with E-state index in [4.69, 9.17) is 11.6 Å². The average Bonchev–Trinajstić information content (AvgIpc) is 3.00. The molecule has 2 heterocycles. The van der Waals surface area contributed by atoms with Gasteiger partial charge in [0.05, 0.1) is 10.6 Å². The van der Waals surface area contributed by atoms with Gasteiger partial charge < -0.3 is 10.2 Å². The molecule has 2 aromatic carbocycles. The fraction of sp³-hybridized carbons (Fsp3) is 0.360. The first-order chi connectivity index (χ1) is 14.6. The number of hydrogen-bond acceptors (Lipinski definition) is 4. The summed E-state index contributed by atoms with van der Waals surface area (Å²) in [6.45, 7) is 11.4. The molecule has 162 valence electrons. The highest BCUT2D eigenvalue weighted by Crippen LogP contribution is 2.45. The quantitative estimate of drug-likeness (QED) is 0.524. The molecule has 6 heteroatoms. The molecule has 2 aliphatic rings. The molecule has 4 nitrogen and oxygen atoms in total.